The van der Waals surface area contributed by atoms with Crippen molar-refractivity contribution in [3.05, 3.63) is 124 Å². The Balaban J connectivity index is 0.970. The molecule has 2 heterocycles. The number of hydrogen-bond donors (Lipinski definition) is 3. The first-order chi connectivity index (χ1) is 23.3. The minimum atomic E-state index is -1.11. The quantitative estimate of drug-likeness (QED) is 0.203. The van der Waals surface area contributed by atoms with Crippen LogP contribution in [-0.2, 0) is 6.42 Å². The molecule has 0 aromatic heterocycles. The Morgan fingerprint density at radius 2 is 1.48 bits per heavy atom. The highest BCUT2D eigenvalue weighted by Gasteiger charge is 2.36. The molecule has 0 spiro atoms. The van der Waals surface area contributed by atoms with Gasteiger partial charge in [0.2, 0.25) is 0 Å². The molecule has 2 saturated heterocycles. The summed E-state index contributed by atoms with van der Waals surface area (Å²) in [5.74, 6) is -0.178. The number of phenols is 1. The summed E-state index contributed by atoms with van der Waals surface area (Å²) in [5.41, 5.74) is 6.62. The monoisotopic (exact) mass is 645 g/mol. The molecule has 2 fully saturated rings. The average Bonchev–Trinajstić information content (AvgIpc) is 3.11. The van der Waals surface area contributed by atoms with Crippen molar-refractivity contribution in [1.29, 1.82) is 0 Å². The molecule has 0 bridgehead atoms. The van der Waals surface area contributed by atoms with Gasteiger partial charge in [-0.2, -0.15) is 0 Å². The fraction of sp³-hybridized carbons (Fsp3) is 0.350. The molecular formula is C40H43N3O5. The number of hydrogen-bond acceptors (Lipinski definition) is 7. The predicted molar refractivity (Wildman–Crippen MR) is 188 cm³/mol. The van der Waals surface area contributed by atoms with Crippen molar-refractivity contribution in [1.82, 2.24) is 4.90 Å². The summed E-state index contributed by atoms with van der Waals surface area (Å²) in [6, 6.07) is 30.6. The molecule has 3 N–H and O–H groups in total. The van der Waals surface area contributed by atoms with Gasteiger partial charge in [0, 0.05) is 68.7 Å². The number of carboxylic acid groups (broad SMARTS) is 1. The second-order valence-electron chi connectivity index (χ2n) is 13.7. The van der Waals surface area contributed by atoms with E-state index in [9.17, 15) is 24.9 Å². The number of phenolic OH excluding ortho intramolecular Hbond substituents is 1. The first kappa shape index (κ1) is 31.9. The zero-order chi connectivity index (χ0) is 33.3. The Labute approximate surface area is 281 Å². The molecule has 2 aliphatic heterocycles. The van der Waals surface area contributed by atoms with Gasteiger partial charge in [-0.1, -0.05) is 48.5 Å². The molecule has 7 rings (SSSR count). The lowest BCUT2D eigenvalue weighted by atomic mass is 9.69. The Morgan fingerprint density at radius 1 is 0.792 bits per heavy atom. The molecule has 0 saturated carbocycles. The molecule has 0 radical (unpaired) electrons. The van der Waals surface area contributed by atoms with Gasteiger partial charge in [0.1, 0.15) is 5.75 Å². The number of piperazine rings is 1. The number of aromatic hydroxyl groups is 1. The molecule has 0 amide bonds. The van der Waals surface area contributed by atoms with Crippen LogP contribution in [0.2, 0.25) is 0 Å². The van der Waals surface area contributed by atoms with Crippen LogP contribution in [0, 0.1) is 0 Å². The van der Waals surface area contributed by atoms with E-state index in [1.807, 2.05) is 12.1 Å². The Morgan fingerprint density at radius 3 is 2.17 bits per heavy atom. The molecular weight excluding hydrogens is 602 g/mol. The molecule has 1 aliphatic carbocycles. The van der Waals surface area contributed by atoms with Gasteiger partial charge >= 0.3 is 5.97 Å². The highest BCUT2D eigenvalue weighted by atomic mass is 16.4. The summed E-state index contributed by atoms with van der Waals surface area (Å²) in [6.45, 7) is 5.46. The number of aldehydes is 1. The third kappa shape index (κ3) is 6.55. The number of carboxylic acids is 1. The molecule has 2 unspecified atom stereocenters. The third-order valence-electron chi connectivity index (χ3n) is 10.8. The molecule has 2 atom stereocenters. The fourth-order valence-electron chi connectivity index (χ4n) is 8.13. The summed E-state index contributed by atoms with van der Waals surface area (Å²) in [4.78, 5) is 29.8. The van der Waals surface area contributed by atoms with Gasteiger partial charge in [-0.15, -0.1) is 0 Å². The fourth-order valence-corrected chi connectivity index (χ4v) is 8.13. The van der Waals surface area contributed by atoms with Crippen molar-refractivity contribution in [3.63, 3.8) is 0 Å². The standard InChI is InChI=1S/C40H43N3O5/c44-26-31-24-33(11-14-37(31)39(46)47)42-18-16-40(48,17-19-42)27-41-20-22-43(23-21-41)32-9-6-29(7-10-32)38-35(28-4-2-1-3-5-28)13-8-30-25-34(45)12-15-36(30)38/h1-7,9-12,14-15,24-26,35,38,45,48H,8,13,16-23,27H2,(H,46,47). The zero-order valence-corrected chi connectivity index (χ0v) is 27.2. The van der Waals surface area contributed by atoms with E-state index in [1.165, 1.54) is 34.0 Å². The summed E-state index contributed by atoms with van der Waals surface area (Å²) >= 11 is 0. The van der Waals surface area contributed by atoms with Crippen molar-refractivity contribution >= 4 is 23.6 Å². The van der Waals surface area contributed by atoms with E-state index in [4.69, 9.17) is 0 Å². The molecule has 48 heavy (non-hydrogen) atoms. The lowest BCUT2D eigenvalue weighted by Crippen LogP contribution is -2.55. The smallest absolute Gasteiger partial charge is 0.336 e. The Kier molecular flexibility index (Phi) is 8.94. The highest BCUT2D eigenvalue weighted by Crippen LogP contribution is 2.47. The first-order valence-electron chi connectivity index (χ1n) is 17.0. The number of fused-ring (bicyclic) bond motifs is 1. The van der Waals surface area contributed by atoms with E-state index in [0.29, 0.717) is 50.4 Å². The van der Waals surface area contributed by atoms with Crippen molar-refractivity contribution in [2.24, 2.45) is 0 Å². The van der Waals surface area contributed by atoms with Crippen LogP contribution < -0.4 is 9.80 Å². The van der Waals surface area contributed by atoms with Gasteiger partial charge in [-0.05, 0) is 96.3 Å². The van der Waals surface area contributed by atoms with Gasteiger partial charge in [0.15, 0.2) is 6.29 Å². The van der Waals surface area contributed by atoms with Crippen LogP contribution in [0.1, 0.15) is 74.1 Å². The molecule has 3 aliphatic rings. The molecule has 8 nitrogen and oxygen atoms in total. The lowest BCUT2D eigenvalue weighted by molar-refractivity contribution is -0.0173. The number of aromatic carboxylic acids is 1. The maximum atomic E-state index is 11.5. The van der Waals surface area contributed by atoms with E-state index in [2.05, 4.69) is 75.4 Å². The zero-order valence-electron chi connectivity index (χ0n) is 27.2. The van der Waals surface area contributed by atoms with Crippen LogP contribution in [0.25, 0.3) is 0 Å². The van der Waals surface area contributed by atoms with E-state index < -0.39 is 11.6 Å². The summed E-state index contributed by atoms with van der Waals surface area (Å²) in [6.07, 6.45) is 3.81. The van der Waals surface area contributed by atoms with Gasteiger partial charge in [-0.25, -0.2) is 4.79 Å². The van der Waals surface area contributed by atoms with E-state index in [-0.39, 0.29) is 17.0 Å². The summed E-state index contributed by atoms with van der Waals surface area (Å²) in [7, 11) is 0. The van der Waals surface area contributed by atoms with Crippen LogP contribution in [0.4, 0.5) is 11.4 Å². The summed E-state index contributed by atoms with van der Waals surface area (Å²) < 4.78 is 0. The SMILES string of the molecule is O=Cc1cc(N2CCC(O)(CN3CCN(c4ccc(C5c6ccc(O)cc6CCC5c5ccccc5)cc4)CC3)CC2)ccc1C(=O)O. The number of rotatable bonds is 8. The number of β-amino-alcohol motifs (C(OH)–C–C–N with tert-alkyl or cyclic N) is 1. The Bertz CT molecular complexity index is 1760. The predicted octanol–water partition coefficient (Wildman–Crippen LogP) is 5.92. The number of benzene rings is 4. The third-order valence-corrected chi connectivity index (χ3v) is 10.8. The Hall–Kier alpha value is -4.66. The first-order valence-corrected chi connectivity index (χ1v) is 17.0. The lowest BCUT2D eigenvalue weighted by Gasteiger charge is -2.44. The van der Waals surface area contributed by atoms with Gasteiger partial charge in [0.05, 0.1) is 11.2 Å². The van der Waals surface area contributed by atoms with E-state index >= 15 is 0 Å². The maximum absolute atomic E-state index is 11.5. The van der Waals surface area contributed by atoms with E-state index in [1.54, 1.807) is 12.1 Å². The van der Waals surface area contributed by atoms with Gasteiger partial charge < -0.3 is 25.1 Å². The molecule has 248 valence electrons. The number of aryl methyl sites for hydroxylation is 1. The second-order valence-corrected chi connectivity index (χ2v) is 13.7. The van der Waals surface area contributed by atoms with Crippen molar-refractivity contribution < 1.29 is 24.9 Å². The normalized spacial score (nSPS) is 21.0. The summed E-state index contributed by atoms with van der Waals surface area (Å²) in [5, 5.41) is 31.0. The molecule has 4 aromatic rings. The highest BCUT2D eigenvalue weighted by molar-refractivity contribution is 5.98. The van der Waals surface area contributed by atoms with Crippen molar-refractivity contribution in [2.75, 3.05) is 55.6 Å². The van der Waals surface area contributed by atoms with Crippen LogP contribution in [0.3, 0.4) is 0 Å². The van der Waals surface area contributed by atoms with Crippen LogP contribution in [-0.4, -0.2) is 83.9 Å². The topological polar surface area (TPSA) is 105 Å². The number of piperidine rings is 1. The van der Waals surface area contributed by atoms with Crippen LogP contribution >= 0.6 is 0 Å². The molecule has 8 heteroatoms. The number of carbonyl (C=O) groups is 2. The number of aliphatic hydroxyl groups is 1. The van der Waals surface area contributed by atoms with Gasteiger partial charge in [-0.3, -0.25) is 9.69 Å². The largest absolute Gasteiger partial charge is 0.508 e. The van der Waals surface area contributed by atoms with E-state index in [0.717, 1.165) is 44.7 Å². The maximum Gasteiger partial charge on any atom is 0.336 e. The number of nitrogens with zero attached hydrogens (tertiary/aromatic N) is 3. The number of anilines is 2. The number of carbonyl (C=O) groups excluding carboxylic acids is 1. The average molecular weight is 646 g/mol. The minimum Gasteiger partial charge on any atom is -0.508 e. The van der Waals surface area contributed by atoms with Gasteiger partial charge in [0.25, 0.3) is 0 Å². The van der Waals surface area contributed by atoms with Crippen molar-refractivity contribution in [2.45, 2.75) is 43.1 Å². The molecule has 4 aromatic carbocycles. The second kappa shape index (κ2) is 13.5. The minimum absolute atomic E-state index is 0.00550. The van der Waals surface area contributed by atoms with Crippen LogP contribution in [0.15, 0.2) is 91.0 Å². The van der Waals surface area contributed by atoms with Crippen LogP contribution in [0.5, 0.6) is 5.75 Å². The van der Waals surface area contributed by atoms with Crippen molar-refractivity contribution in [3.8, 4) is 5.75 Å².